The van der Waals surface area contributed by atoms with Crippen molar-refractivity contribution in [1.29, 1.82) is 0 Å². The number of carbonyl (C=O) groups is 1. The first-order chi connectivity index (χ1) is 9.22. The number of aromatic nitrogens is 1. The quantitative estimate of drug-likeness (QED) is 0.855. The maximum absolute atomic E-state index is 12.7. The minimum Gasteiger partial charge on any atom is -0.377 e. The van der Waals surface area contributed by atoms with Gasteiger partial charge in [-0.2, -0.15) is 0 Å². The summed E-state index contributed by atoms with van der Waals surface area (Å²) in [5.41, 5.74) is 3.01. The molecule has 3 heteroatoms. The van der Waals surface area contributed by atoms with Crippen LogP contribution in [0.3, 0.4) is 0 Å². The molecule has 1 N–H and O–H groups in total. The highest BCUT2D eigenvalue weighted by molar-refractivity contribution is 6.10. The fourth-order valence-electron chi connectivity index (χ4n) is 3.11. The lowest BCUT2D eigenvalue weighted by atomic mass is 9.89. The number of carbonyl (C=O) groups excluding carboxylic acids is 1. The molecule has 1 aliphatic heterocycles. The van der Waals surface area contributed by atoms with E-state index in [1.54, 1.807) is 0 Å². The van der Waals surface area contributed by atoms with Crippen molar-refractivity contribution in [3.05, 3.63) is 35.5 Å². The highest BCUT2D eigenvalue weighted by atomic mass is 16.5. The first-order valence-corrected chi connectivity index (χ1v) is 6.95. The van der Waals surface area contributed by atoms with E-state index in [1.807, 2.05) is 18.3 Å². The third-order valence-corrected chi connectivity index (χ3v) is 4.13. The minimum atomic E-state index is 0.0172. The zero-order valence-electron chi connectivity index (χ0n) is 11.4. The number of ether oxygens (including phenoxy) is 1. The summed E-state index contributed by atoms with van der Waals surface area (Å²) in [6.45, 7) is 4.84. The first-order valence-electron chi connectivity index (χ1n) is 6.95. The number of benzene rings is 1. The van der Waals surface area contributed by atoms with E-state index in [9.17, 15) is 4.79 Å². The third-order valence-electron chi connectivity index (χ3n) is 4.13. The third kappa shape index (κ3) is 1.98. The van der Waals surface area contributed by atoms with Crippen molar-refractivity contribution < 1.29 is 9.53 Å². The number of aryl methyl sites for hydroxylation is 1. The van der Waals surface area contributed by atoms with Gasteiger partial charge in [-0.25, -0.2) is 0 Å². The summed E-state index contributed by atoms with van der Waals surface area (Å²) in [6, 6.07) is 6.08. The van der Waals surface area contributed by atoms with Gasteiger partial charge in [-0.1, -0.05) is 19.1 Å². The lowest BCUT2D eigenvalue weighted by molar-refractivity contribution is 0.0690. The fourth-order valence-corrected chi connectivity index (χ4v) is 3.11. The summed E-state index contributed by atoms with van der Waals surface area (Å²) in [5.74, 6) is 0.244. The average molecular weight is 257 g/mol. The number of Topliss-reactive ketones (excluding diaryl/α,β-unsaturated/α-hetero) is 1. The molecule has 2 unspecified atom stereocenters. The Morgan fingerprint density at radius 3 is 3.11 bits per heavy atom. The first kappa shape index (κ1) is 12.4. The molecular weight excluding hydrogens is 238 g/mol. The van der Waals surface area contributed by atoms with E-state index in [0.29, 0.717) is 6.61 Å². The van der Waals surface area contributed by atoms with Crippen LogP contribution in [0.1, 0.15) is 35.7 Å². The lowest BCUT2D eigenvalue weighted by Crippen LogP contribution is -2.23. The van der Waals surface area contributed by atoms with Gasteiger partial charge in [0.2, 0.25) is 0 Å². The zero-order valence-corrected chi connectivity index (χ0v) is 11.4. The van der Waals surface area contributed by atoms with Gasteiger partial charge in [0.05, 0.1) is 12.0 Å². The predicted octanol–water partition coefficient (Wildman–Crippen LogP) is 3.47. The standard InChI is InChI=1S/C16H19NO2/c1-3-14-11(7-8-19-14)16(18)12-9-17-13-6-4-5-10(2)15(12)13/h4-6,9,11,14,17H,3,7-8H2,1-2H3. The Morgan fingerprint density at radius 2 is 2.32 bits per heavy atom. The minimum absolute atomic E-state index is 0.0172. The van der Waals surface area contributed by atoms with Gasteiger partial charge in [-0.3, -0.25) is 4.79 Å². The van der Waals surface area contributed by atoms with Crippen LogP contribution in [0, 0.1) is 12.8 Å². The van der Waals surface area contributed by atoms with Gasteiger partial charge in [0.25, 0.3) is 0 Å². The van der Waals surface area contributed by atoms with Crippen molar-refractivity contribution in [2.45, 2.75) is 32.8 Å². The molecule has 0 aliphatic carbocycles. The van der Waals surface area contributed by atoms with E-state index in [1.165, 1.54) is 0 Å². The molecule has 100 valence electrons. The number of rotatable bonds is 3. The zero-order chi connectivity index (χ0) is 13.4. The van der Waals surface area contributed by atoms with E-state index >= 15 is 0 Å². The van der Waals surface area contributed by atoms with Crippen LogP contribution in [0.25, 0.3) is 10.9 Å². The molecule has 0 amide bonds. The topological polar surface area (TPSA) is 42.1 Å². The molecule has 3 rings (SSSR count). The van der Waals surface area contributed by atoms with Crippen molar-refractivity contribution in [2.75, 3.05) is 6.61 Å². The van der Waals surface area contributed by atoms with Crippen LogP contribution in [0.2, 0.25) is 0 Å². The normalized spacial score (nSPS) is 23.1. The van der Waals surface area contributed by atoms with Gasteiger partial charge in [-0.05, 0) is 31.4 Å². The number of nitrogens with one attached hydrogen (secondary N) is 1. The summed E-state index contributed by atoms with van der Waals surface area (Å²) < 4.78 is 5.65. The molecule has 2 heterocycles. The maximum Gasteiger partial charge on any atom is 0.170 e. The highest BCUT2D eigenvalue weighted by Gasteiger charge is 2.34. The van der Waals surface area contributed by atoms with Gasteiger partial charge >= 0.3 is 0 Å². The number of aromatic amines is 1. The van der Waals surface area contributed by atoms with Gasteiger partial charge in [0, 0.05) is 29.3 Å². The lowest BCUT2D eigenvalue weighted by Gasteiger charge is -2.15. The number of hydrogen-bond acceptors (Lipinski definition) is 2. The molecular formula is C16H19NO2. The van der Waals surface area contributed by atoms with Gasteiger partial charge in [0.1, 0.15) is 0 Å². The molecule has 0 saturated carbocycles. The second-order valence-corrected chi connectivity index (χ2v) is 5.28. The van der Waals surface area contributed by atoms with Crippen LogP contribution in [0.5, 0.6) is 0 Å². The maximum atomic E-state index is 12.7. The van der Waals surface area contributed by atoms with Gasteiger partial charge < -0.3 is 9.72 Å². The molecule has 0 spiro atoms. The number of H-pyrrole nitrogens is 1. The Morgan fingerprint density at radius 1 is 1.47 bits per heavy atom. The van der Waals surface area contributed by atoms with Crippen molar-refractivity contribution in [1.82, 2.24) is 4.98 Å². The van der Waals surface area contributed by atoms with Crippen LogP contribution in [-0.2, 0) is 4.74 Å². The Balaban J connectivity index is 2.02. The Labute approximate surface area is 113 Å². The van der Waals surface area contributed by atoms with E-state index in [0.717, 1.165) is 34.9 Å². The summed E-state index contributed by atoms with van der Waals surface area (Å²) in [4.78, 5) is 15.9. The van der Waals surface area contributed by atoms with E-state index in [-0.39, 0.29) is 17.8 Å². The highest BCUT2D eigenvalue weighted by Crippen LogP contribution is 2.30. The van der Waals surface area contributed by atoms with Crippen molar-refractivity contribution in [3.8, 4) is 0 Å². The van der Waals surface area contributed by atoms with Crippen LogP contribution >= 0.6 is 0 Å². The van der Waals surface area contributed by atoms with Crippen LogP contribution in [-0.4, -0.2) is 23.5 Å². The number of ketones is 1. The van der Waals surface area contributed by atoms with E-state index in [4.69, 9.17) is 4.74 Å². The SMILES string of the molecule is CCC1OCCC1C(=O)c1c[nH]c2cccc(C)c12. The molecule has 1 fully saturated rings. The van der Waals surface area contributed by atoms with Crippen molar-refractivity contribution in [2.24, 2.45) is 5.92 Å². The average Bonchev–Trinajstić information content (AvgIpc) is 3.05. The van der Waals surface area contributed by atoms with Crippen LogP contribution < -0.4 is 0 Å². The largest absolute Gasteiger partial charge is 0.377 e. The van der Waals surface area contributed by atoms with Crippen LogP contribution in [0.4, 0.5) is 0 Å². The fraction of sp³-hybridized carbons (Fsp3) is 0.438. The number of fused-ring (bicyclic) bond motifs is 1. The Hall–Kier alpha value is -1.61. The van der Waals surface area contributed by atoms with Crippen molar-refractivity contribution in [3.63, 3.8) is 0 Å². The second-order valence-electron chi connectivity index (χ2n) is 5.28. The van der Waals surface area contributed by atoms with Gasteiger partial charge in [0.15, 0.2) is 5.78 Å². The smallest absolute Gasteiger partial charge is 0.170 e. The summed E-state index contributed by atoms with van der Waals surface area (Å²) >= 11 is 0. The summed E-state index contributed by atoms with van der Waals surface area (Å²) in [5, 5.41) is 1.06. The van der Waals surface area contributed by atoms with Crippen LogP contribution in [0.15, 0.2) is 24.4 Å². The second kappa shape index (κ2) is 4.82. The molecule has 2 atom stereocenters. The van der Waals surface area contributed by atoms with E-state index in [2.05, 4.69) is 24.9 Å². The molecule has 0 radical (unpaired) electrons. The van der Waals surface area contributed by atoms with E-state index < -0.39 is 0 Å². The molecule has 1 aromatic carbocycles. The Kier molecular flexibility index (Phi) is 3.15. The monoisotopic (exact) mass is 257 g/mol. The molecule has 3 nitrogen and oxygen atoms in total. The van der Waals surface area contributed by atoms with Gasteiger partial charge in [-0.15, -0.1) is 0 Å². The molecule has 19 heavy (non-hydrogen) atoms. The summed E-state index contributed by atoms with van der Waals surface area (Å²) in [7, 11) is 0. The predicted molar refractivity (Wildman–Crippen MR) is 75.5 cm³/mol. The molecule has 1 aliphatic rings. The molecule has 1 saturated heterocycles. The number of hydrogen-bond donors (Lipinski definition) is 1. The summed E-state index contributed by atoms with van der Waals surface area (Å²) in [6.07, 6.45) is 3.68. The molecule has 0 bridgehead atoms. The molecule has 1 aromatic heterocycles. The molecule has 2 aromatic rings. The van der Waals surface area contributed by atoms with Crippen molar-refractivity contribution >= 4 is 16.7 Å². The Bertz CT molecular complexity index is 614.